The SMILES string of the molecule is C[C@H](N)C(=O)NCCc1ccccc1OC(F)(F)F. The number of hydrogen-bond acceptors (Lipinski definition) is 3. The van der Waals surface area contributed by atoms with E-state index in [4.69, 9.17) is 5.73 Å². The van der Waals surface area contributed by atoms with E-state index in [0.29, 0.717) is 5.56 Å². The number of nitrogens with two attached hydrogens (primary N) is 1. The van der Waals surface area contributed by atoms with E-state index < -0.39 is 12.4 Å². The molecule has 4 nitrogen and oxygen atoms in total. The molecule has 1 aromatic carbocycles. The monoisotopic (exact) mass is 276 g/mol. The Morgan fingerprint density at radius 1 is 1.42 bits per heavy atom. The fraction of sp³-hybridized carbons (Fsp3) is 0.417. The third kappa shape index (κ3) is 5.60. The first-order valence-electron chi connectivity index (χ1n) is 5.66. The number of halogens is 3. The first kappa shape index (κ1) is 15.3. The van der Waals surface area contributed by atoms with Gasteiger partial charge in [0.2, 0.25) is 5.91 Å². The standard InChI is InChI=1S/C12H15F3N2O2/c1-8(16)11(18)17-7-6-9-4-2-3-5-10(9)19-12(13,14)15/h2-5,8H,6-7,16H2,1H3,(H,17,18)/t8-/m0/s1. The molecule has 1 rings (SSSR count). The zero-order valence-electron chi connectivity index (χ0n) is 10.3. The third-order valence-corrected chi connectivity index (χ3v) is 2.31. The van der Waals surface area contributed by atoms with Gasteiger partial charge in [-0.1, -0.05) is 18.2 Å². The number of rotatable bonds is 5. The maximum absolute atomic E-state index is 12.2. The van der Waals surface area contributed by atoms with Crippen LogP contribution in [-0.2, 0) is 11.2 Å². The molecule has 1 aromatic rings. The summed E-state index contributed by atoms with van der Waals surface area (Å²) < 4.78 is 40.4. The quantitative estimate of drug-likeness (QED) is 0.858. The lowest BCUT2D eigenvalue weighted by Gasteiger charge is -2.13. The Balaban J connectivity index is 2.61. The van der Waals surface area contributed by atoms with Crippen molar-refractivity contribution in [1.29, 1.82) is 0 Å². The maximum Gasteiger partial charge on any atom is 0.573 e. The number of carbonyl (C=O) groups excluding carboxylic acids is 1. The second kappa shape index (κ2) is 6.42. The number of para-hydroxylation sites is 1. The molecule has 0 aliphatic rings. The van der Waals surface area contributed by atoms with Crippen molar-refractivity contribution in [2.75, 3.05) is 6.54 Å². The molecule has 0 heterocycles. The lowest BCUT2D eigenvalue weighted by atomic mass is 10.1. The van der Waals surface area contributed by atoms with E-state index in [1.54, 1.807) is 6.07 Å². The van der Waals surface area contributed by atoms with Crippen LogP contribution in [0.25, 0.3) is 0 Å². The molecule has 0 unspecified atom stereocenters. The number of nitrogens with one attached hydrogen (secondary N) is 1. The van der Waals surface area contributed by atoms with Crippen molar-refractivity contribution in [2.24, 2.45) is 5.73 Å². The second-order valence-electron chi connectivity index (χ2n) is 3.99. The summed E-state index contributed by atoms with van der Waals surface area (Å²) in [7, 11) is 0. The van der Waals surface area contributed by atoms with Gasteiger partial charge in [0.15, 0.2) is 0 Å². The van der Waals surface area contributed by atoms with E-state index in [2.05, 4.69) is 10.1 Å². The van der Waals surface area contributed by atoms with Gasteiger partial charge in [0.1, 0.15) is 5.75 Å². The van der Waals surface area contributed by atoms with Crippen molar-refractivity contribution in [3.05, 3.63) is 29.8 Å². The lowest BCUT2D eigenvalue weighted by Crippen LogP contribution is -2.39. The molecule has 0 saturated carbocycles. The van der Waals surface area contributed by atoms with Gasteiger partial charge in [-0.2, -0.15) is 0 Å². The third-order valence-electron chi connectivity index (χ3n) is 2.31. The maximum atomic E-state index is 12.2. The molecule has 7 heteroatoms. The topological polar surface area (TPSA) is 64.4 Å². The Morgan fingerprint density at radius 2 is 2.05 bits per heavy atom. The van der Waals surface area contributed by atoms with E-state index in [1.807, 2.05) is 0 Å². The van der Waals surface area contributed by atoms with Gasteiger partial charge in [-0.05, 0) is 25.0 Å². The number of benzene rings is 1. The summed E-state index contributed by atoms with van der Waals surface area (Å²) in [6, 6.07) is 5.15. The highest BCUT2D eigenvalue weighted by atomic mass is 19.4. The van der Waals surface area contributed by atoms with E-state index in [0.717, 1.165) is 0 Å². The average Bonchev–Trinajstić information content (AvgIpc) is 2.29. The fourth-order valence-corrected chi connectivity index (χ4v) is 1.42. The van der Waals surface area contributed by atoms with Gasteiger partial charge in [0.05, 0.1) is 6.04 Å². The van der Waals surface area contributed by atoms with Crippen molar-refractivity contribution in [3.8, 4) is 5.75 Å². The zero-order valence-corrected chi connectivity index (χ0v) is 10.3. The molecule has 0 spiro atoms. The molecule has 0 saturated heterocycles. The number of hydrogen-bond donors (Lipinski definition) is 2. The minimum atomic E-state index is -4.73. The minimum absolute atomic E-state index is 0.193. The molecule has 0 bridgehead atoms. The molecule has 0 aliphatic carbocycles. The first-order chi connectivity index (χ1) is 8.79. The van der Waals surface area contributed by atoms with Crippen molar-refractivity contribution < 1.29 is 22.7 Å². The van der Waals surface area contributed by atoms with E-state index in [9.17, 15) is 18.0 Å². The Morgan fingerprint density at radius 3 is 2.63 bits per heavy atom. The highest BCUT2D eigenvalue weighted by Gasteiger charge is 2.31. The Kier molecular flexibility index (Phi) is 5.17. The Hall–Kier alpha value is -1.76. The Bertz CT molecular complexity index is 433. The van der Waals surface area contributed by atoms with Crippen LogP contribution in [0.15, 0.2) is 24.3 Å². The van der Waals surface area contributed by atoms with Crippen LogP contribution in [0.5, 0.6) is 5.75 Å². The largest absolute Gasteiger partial charge is 0.573 e. The molecule has 1 amide bonds. The Labute approximate surface area is 108 Å². The molecule has 19 heavy (non-hydrogen) atoms. The van der Waals surface area contributed by atoms with Gasteiger partial charge in [-0.25, -0.2) is 0 Å². The lowest BCUT2D eigenvalue weighted by molar-refractivity contribution is -0.274. The summed E-state index contributed by atoms with van der Waals surface area (Å²) in [5.74, 6) is -0.612. The molecule has 106 valence electrons. The van der Waals surface area contributed by atoms with Crippen LogP contribution in [0.2, 0.25) is 0 Å². The molecule has 3 N–H and O–H groups in total. The molecule has 1 atom stereocenters. The summed E-state index contributed by atoms with van der Waals surface area (Å²) in [6.45, 7) is 1.72. The number of amides is 1. The normalized spacial score (nSPS) is 12.9. The van der Waals surface area contributed by atoms with Crippen molar-refractivity contribution in [1.82, 2.24) is 5.32 Å². The van der Waals surface area contributed by atoms with E-state index in [-0.39, 0.29) is 24.6 Å². The van der Waals surface area contributed by atoms with Gasteiger partial charge >= 0.3 is 6.36 Å². The molecule has 0 aliphatic heterocycles. The van der Waals surface area contributed by atoms with Crippen molar-refractivity contribution in [2.45, 2.75) is 25.7 Å². The van der Waals surface area contributed by atoms with Gasteiger partial charge in [0, 0.05) is 6.54 Å². The van der Waals surface area contributed by atoms with Gasteiger partial charge in [0.25, 0.3) is 0 Å². The minimum Gasteiger partial charge on any atom is -0.406 e. The van der Waals surface area contributed by atoms with Crippen LogP contribution >= 0.6 is 0 Å². The van der Waals surface area contributed by atoms with E-state index in [1.165, 1.54) is 25.1 Å². The number of ether oxygens (including phenoxy) is 1. The van der Waals surface area contributed by atoms with E-state index >= 15 is 0 Å². The van der Waals surface area contributed by atoms with Crippen LogP contribution in [0.1, 0.15) is 12.5 Å². The molecular formula is C12H15F3N2O2. The first-order valence-corrected chi connectivity index (χ1v) is 5.66. The summed E-state index contributed by atoms with van der Waals surface area (Å²) in [5, 5.41) is 2.52. The van der Waals surface area contributed by atoms with Gasteiger partial charge < -0.3 is 15.8 Å². The average molecular weight is 276 g/mol. The highest BCUT2D eigenvalue weighted by molar-refractivity contribution is 5.80. The van der Waals surface area contributed by atoms with Crippen LogP contribution < -0.4 is 15.8 Å². The summed E-state index contributed by atoms with van der Waals surface area (Å²) >= 11 is 0. The number of alkyl halides is 3. The van der Waals surface area contributed by atoms with Crippen LogP contribution in [0.4, 0.5) is 13.2 Å². The molecular weight excluding hydrogens is 261 g/mol. The van der Waals surface area contributed by atoms with Crippen molar-refractivity contribution in [3.63, 3.8) is 0 Å². The predicted molar refractivity (Wildman–Crippen MR) is 63.5 cm³/mol. The smallest absolute Gasteiger partial charge is 0.406 e. The van der Waals surface area contributed by atoms with Gasteiger partial charge in [-0.3, -0.25) is 4.79 Å². The summed E-state index contributed by atoms with van der Waals surface area (Å²) in [5.41, 5.74) is 5.71. The zero-order chi connectivity index (χ0) is 14.5. The number of carbonyl (C=O) groups is 1. The highest BCUT2D eigenvalue weighted by Crippen LogP contribution is 2.26. The predicted octanol–water partition coefficient (Wildman–Crippen LogP) is 1.59. The molecule has 0 aromatic heterocycles. The summed E-state index contributed by atoms with van der Waals surface area (Å²) in [4.78, 5) is 11.2. The van der Waals surface area contributed by atoms with Gasteiger partial charge in [-0.15, -0.1) is 13.2 Å². The van der Waals surface area contributed by atoms with Crippen LogP contribution in [-0.4, -0.2) is 24.9 Å². The van der Waals surface area contributed by atoms with Crippen LogP contribution in [0, 0.1) is 0 Å². The van der Waals surface area contributed by atoms with Crippen molar-refractivity contribution >= 4 is 5.91 Å². The summed E-state index contributed by atoms with van der Waals surface area (Å²) in [6.07, 6.45) is -4.50. The van der Waals surface area contributed by atoms with Crippen LogP contribution in [0.3, 0.4) is 0 Å². The molecule has 0 radical (unpaired) electrons. The fourth-order valence-electron chi connectivity index (χ4n) is 1.42. The second-order valence-corrected chi connectivity index (χ2v) is 3.99. The molecule has 0 fully saturated rings.